The number of benzene rings is 1. The quantitative estimate of drug-likeness (QED) is 0.553. The Kier molecular flexibility index (Phi) is 5.67. The Hall–Kier alpha value is -2.63. The predicted octanol–water partition coefficient (Wildman–Crippen LogP) is 2.43. The summed E-state index contributed by atoms with van der Waals surface area (Å²) in [6, 6.07) is 4.35. The number of hydrogen-bond donors (Lipinski definition) is 0. The summed E-state index contributed by atoms with van der Waals surface area (Å²) in [5, 5.41) is 1.71. The van der Waals surface area contributed by atoms with Crippen LogP contribution in [-0.2, 0) is 21.4 Å². The van der Waals surface area contributed by atoms with Gasteiger partial charge in [-0.3, -0.25) is 9.20 Å². The van der Waals surface area contributed by atoms with Gasteiger partial charge >= 0.3 is 5.97 Å². The molecule has 0 atom stereocenters. The van der Waals surface area contributed by atoms with Crippen LogP contribution >= 0.6 is 11.3 Å². The standard InChI is InChI=1S/C19H18FN3O5S2/c20-15-5-4-13(10-16(15)30(26,27)22-6-2-1-3-7-22)18(25)28-12-14-11-17(24)23-8-9-29-19(23)21-14/h4-5,8-11H,1-3,6-7,12H2. The number of carbonyl (C=O) groups excluding carboxylic acids is 1. The maximum atomic E-state index is 14.3. The molecule has 1 aliphatic rings. The van der Waals surface area contributed by atoms with Crippen molar-refractivity contribution in [3.05, 3.63) is 63.3 Å². The lowest BCUT2D eigenvalue weighted by Crippen LogP contribution is -2.36. The van der Waals surface area contributed by atoms with Gasteiger partial charge in [0.1, 0.15) is 17.3 Å². The van der Waals surface area contributed by atoms with Crippen LogP contribution in [0.1, 0.15) is 35.3 Å². The van der Waals surface area contributed by atoms with E-state index in [9.17, 15) is 22.4 Å². The Bertz CT molecular complexity index is 1260. The summed E-state index contributed by atoms with van der Waals surface area (Å²) in [6.45, 7) is 0.375. The summed E-state index contributed by atoms with van der Waals surface area (Å²) >= 11 is 1.26. The van der Waals surface area contributed by atoms with Gasteiger partial charge in [0.15, 0.2) is 4.96 Å². The fraction of sp³-hybridized carbons (Fsp3) is 0.316. The van der Waals surface area contributed by atoms with Gasteiger partial charge < -0.3 is 4.74 Å². The molecule has 158 valence electrons. The van der Waals surface area contributed by atoms with Crippen molar-refractivity contribution >= 4 is 32.3 Å². The summed E-state index contributed by atoms with van der Waals surface area (Å²) in [7, 11) is -4.04. The van der Waals surface area contributed by atoms with Crippen LogP contribution in [0.2, 0.25) is 0 Å². The molecule has 0 radical (unpaired) electrons. The highest BCUT2D eigenvalue weighted by molar-refractivity contribution is 7.89. The van der Waals surface area contributed by atoms with Gasteiger partial charge in [0, 0.05) is 30.7 Å². The van der Waals surface area contributed by atoms with Gasteiger partial charge in [0.25, 0.3) is 5.56 Å². The minimum Gasteiger partial charge on any atom is -0.456 e. The lowest BCUT2D eigenvalue weighted by Gasteiger charge is -2.26. The average Bonchev–Trinajstić information content (AvgIpc) is 3.22. The van der Waals surface area contributed by atoms with Gasteiger partial charge in [0.2, 0.25) is 10.0 Å². The number of nitrogens with zero attached hydrogens (tertiary/aromatic N) is 3. The van der Waals surface area contributed by atoms with Crippen LogP contribution < -0.4 is 5.56 Å². The second kappa shape index (κ2) is 8.25. The molecule has 1 saturated heterocycles. The Morgan fingerprint density at radius 2 is 1.97 bits per heavy atom. The summed E-state index contributed by atoms with van der Waals surface area (Å²) < 4.78 is 47.6. The molecule has 30 heavy (non-hydrogen) atoms. The number of halogens is 1. The Labute approximate surface area is 175 Å². The number of ether oxygens (including phenoxy) is 1. The van der Waals surface area contributed by atoms with E-state index in [1.54, 1.807) is 11.6 Å². The predicted molar refractivity (Wildman–Crippen MR) is 107 cm³/mol. The normalized spacial score (nSPS) is 15.4. The zero-order valence-electron chi connectivity index (χ0n) is 15.8. The van der Waals surface area contributed by atoms with Crippen molar-refractivity contribution in [3.63, 3.8) is 0 Å². The highest BCUT2D eigenvalue weighted by Gasteiger charge is 2.29. The van der Waals surface area contributed by atoms with Crippen LogP contribution in [0.3, 0.4) is 0 Å². The molecule has 0 aliphatic carbocycles. The zero-order valence-corrected chi connectivity index (χ0v) is 17.4. The third-order valence-corrected chi connectivity index (χ3v) is 7.48. The van der Waals surface area contributed by atoms with E-state index in [1.165, 1.54) is 26.1 Å². The number of thiazole rings is 1. The molecule has 0 saturated carbocycles. The molecule has 11 heteroatoms. The Balaban J connectivity index is 1.54. The topological polar surface area (TPSA) is 98.0 Å². The van der Waals surface area contributed by atoms with Crippen molar-refractivity contribution in [2.75, 3.05) is 13.1 Å². The zero-order chi connectivity index (χ0) is 21.3. The maximum Gasteiger partial charge on any atom is 0.338 e. The lowest BCUT2D eigenvalue weighted by atomic mass is 10.2. The highest BCUT2D eigenvalue weighted by Crippen LogP contribution is 2.24. The van der Waals surface area contributed by atoms with Crippen LogP contribution in [0.25, 0.3) is 4.96 Å². The first kappa shape index (κ1) is 20.6. The van der Waals surface area contributed by atoms with E-state index in [0.29, 0.717) is 30.9 Å². The van der Waals surface area contributed by atoms with Crippen molar-refractivity contribution in [2.24, 2.45) is 0 Å². The molecule has 0 N–H and O–H groups in total. The van der Waals surface area contributed by atoms with Crippen molar-refractivity contribution < 1.29 is 22.3 Å². The van der Waals surface area contributed by atoms with Gasteiger partial charge in [0.05, 0.1) is 11.3 Å². The first-order valence-electron chi connectivity index (χ1n) is 9.29. The molecular weight excluding hydrogens is 433 g/mol. The number of fused-ring (bicyclic) bond motifs is 1. The van der Waals surface area contributed by atoms with Gasteiger partial charge in [-0.15, -0.1) is 11.3 Å². The number of carbonyl (C=O) groups is 1. The monoisotopic (exact) mass is 451 g/mol. The minimum atomic E-state index is -4.04. The van der Waals surface area contributed by atoms with Gasteiger partial charge in [-0.05, 0) is 31.0 Å². The first-order valence-corrected chi connectivity index (χ1v) is 11.6. The van der Waals surface area contributed by atoms with Crippen LogP contribution in [0.15, 0.2) is 45.5 Å². The first-order chi connectivity index (χ1) is 14.4. The molecule has 4 rings (SSSR count). The Morgan fingerprint density at radius 3 is 2.73 bits per heavy atom. The summed E-state index contributed by atoms with van der Waals surface area (Å²) in [6.07, 6.45) is 3.94. The molecular formula is C19H18FN3O5S2. The number of rotatable bonds is 5. The Morgan fingerprint density at radius 1 is 1.20 bits per heavy atom. The molecule has 8 nitrogen and oxygen atoms in total. The van der Waals surface area contributed by atoms with Crippen LogP contribution in [0.5, 0.6) is 0 Å². The van der Waals surface area contributed by atoms with Crippen LogP contribution in [0, 0.1) is 5.82 Å². The fourth-order valence-corrected chi connectivity index (χ4v) is 5.60. The van der Waals surface area contributed by atoms with E-state index in [-0.39, 0.29) is 23.4 Å². The number of sulfonamides is 1. The fourth-order valence-electron chi connectivity index (χ4n) is 3.26. The van der Waals surface area contributed by atoms with Crippen molar-refractivity contribution in [2.45, 2.75) is 30.8 Å². The highest BCUT2D eigenvalue weighted by atomic mass is 32.2. The van der Waals surface area contributed by atoms with Crippen molar-refractivity contribution in [1.29, 1.82) is 0 Å². The minimum absolute atomic E-state index is 0.0964. The largest absolute Gasteiger partial charge is 0.456 e. The molecule has 2 aromatic heterocycles. The maximum absolute atomic E-state index is 14.3. The second-order valence-electron chi connectivity index (χ2n) is 6.83. The molecule has 3 aromatic rings. The second-order valence-corrected chi connectivity index (χ2v) is 9.61. The lowest BCUT2D eigenvalue weighted by molar-refractivity contribution is 0.0467. The van der Waals surface area contributed by atoms with E-state index >= 15 is 0 Å². The van der Waals surface area contributed by atoms with Crippen molar-refractivity contribution in [3.8, 4) is 0 Å². The molecule has 0 amide bonds. The summed E-state index contributed by atoms with van der Waals surface area (Å²) in [4.78, 5) is 28.6. The summed E-state index contributed by atoms with van der Waals surface area (Å²) in [5.41, 5.74) is -0.135. The number of piperidine rings is 1. The molecule has 3 heterocycles. The van der Waals surface area contributed by atoms with E-state index in [1.807, 2.05) is 0 Å². The third-order valence-electron chi connectivity index (χ3n) is 4.81. The van der Waals surface area contributed by atoms with E-state index < -0.39 is 26.7 Å². The molecule has 0 unspecified atom stereocenters. The molecule has 1 fully saturated rings. The van der Waals surface area contributed by atoms with Crippen LogP contribution in [-0.4, -0.2) is 41.2 Å². The SMILES string of the molecule is O=C(OCc1cc(=O)n2ccsc2n1)c1ccc(F)c(S(=O)(=O)N2CCCCC2)c1. The van der Waals surface area contributed by atoms with Crippen molar-refractivity contribution in [1.82, 2.24) is 13.7 Å². The molecule has 1 aliphatic heterocycles. The summed E-state index contributed by atoms with van der Waals surface area (Å²) in [5.74, 6) is -1.76. The number of esters is 1. The van der Waals surface area contributed by atoms with Gasteiger partial charge in [-0.1, -0.05) is 6.42 Å². The van der Waals surface area contributed by atoms with E-state index in [0.717, 1.165) is 24.6 Å². The van der Waals surface area contributed by atoms with E-state index in [2.05, 4.69) is 4.98 Å². The molecule has 0 bridgehead atoms. The third kappa shape index (κ3) is 4.00. The average molecular weight is 452 g/mol. The number of aromatic nitrogens is 2. The van der Waals surface area contributed by atoms with Crippen LogP contribution in [0.4, 0.5) is 4.39 Å². The van der Waals surface area contributed by atoms with E-state index in [4.69, 9.17) is 4.74 Å². The molecule has 0 spiro atoms. The van der Waals surface area contributed by atoms with Gasteiger partial charge in [-0.25, -0.2) is 22.6 Å². The van der Waals surface area contributed by atoms with Gasteiger partial charge in [-0.2, -0.15) is 4.31 Å². The smallest absolute Gasteiger partial charge is 0.338 e. The number of hydrogen-bond acceptors (Lipinski definition) is 7. The molecule has 1 aromatic carbocycles.